The van der Waals surface area contributed by atoms with E-state index in [1.54, 1.807) is 5.01 Å². The van der Waals surface area contributed by atoms with Crippen LogP contribution in [0.2, 0.25) is 0 Å². The molecule has 1 rings (SSSR count). The van der Waals surface area contributed by atoms with Crippen LogP contribution in [0.1, 0.15) is 13.3 Å². The minimum Gasteiger partial charge on any atom is -0.377 e. The Morgan fingerprint density at radius 2 is 2.56 bits per heavy atom. The van der Waals surface area contributed by atoms with Crippen molar-refractivity contribution in [2.24, 2.45) is 5.84 Å². The molecule has 1 saturated heterocycles. The maximum absolute atomic E-state index is 5.51. The molecule has 0 aliphatic carbocycles. The van der Waals surface area contributed by atoms with Gasteiger partial charge in [-0.1, -0.05) is 0 Å². The van der Waals surface area contributed by atoms with Gasteiger partial charge in [-0.05, 0) is 13.3 Å². The quantitative estimate of drug-likeness (QED) is 0.533. The Hall–Kier alpha value is -0.120. The van der Waals surface area contributed by atoms with Crippen LogP contribution >= 0.6 is 0 Å². The number of ether oxygens (including phenoxy) is 1. The highest BCUT2D eigenvalue weighted by molar-refractivity contribution is 4.71. The van der Waals surface area contributed by atoms with Crippen molar-refractivity contribution in [2.45, 2.75) is 19.4 Å². The summed E-state index contributed by atoms with van der Waals surface area (Å²) < 4.78 is 5.35. The summed E-state index contributed by atoms with van der Waals surface area (Å²) in [4.78, 5) is 0. The highest BCUT2D eigenvalue weighted by Gasteiger charge is 2.19. The number of hydrogen-bond acceptors (Lipinski definition) is 3. The Bertz CT molecular complexity index is 85.1. The summed E-state index contributed by atoms with van der Waals surface area (Å²) in [5, 5.41) is 1.81. The predicted molar refractivity (Wildman–Crippen MR) is 35.8 cm³/mol. The van der Waals surface area contributed by atoms with Gasteiger partial charge in [0.25, 0.3) is 0 Å². The average Bonchev–Trinajstić information content (AvgIpc) is 2.17. The fourth-order valence-electron chi connectivity index (χ4n) is 1.13. The number of nitrogens with zero attached hydrogens (tertiary/aromatic N) is 1. The van der Waals surface area contributed by atoms with E-state index < -0.39 is 0 Å². The van der Waals surface area contributed by atoms with Crippen molar-refractivity contribution in [3.05, 3.63) is 0 Å². The summed E-state index contributed by atoms with van der Waals surface area (Å²) in [5.74, 6) is 5.51. The first-order chi connectivity index (χ1) is 4.33. The van der Waals surface area contributed by atoms with Crippen molar-refractivity contribution >= 4 is 0 Å². The molecule has 0 aromatic heterocycles. The first-order valence-electron chi connectivity index (χ1n) is 3.44. The normalized spacial score (nSPS) is 29.3. The molecule has 0 spiro atoms. The zero-order valence-electron chi connectivity index (χ0n) is 5.84. The van der Waals surface area contributed by atoms with E-state index in [1.807, 2.05) is 6.92 Å². The second-order valence-electron chi connectivity index (χ2n) is 2.36. The van der Waals surface area contributed by atoms with E-state index in [-0.39, 0.29) is 0 Å². The van der Waals surface area contributed by atoms with E-state index in [0.717, 1.165) is 26.1 Å². The number of hydrazine groups is 1. The molecule has 0 bridgehead atoms. The lowest BCUT2D eigenvalue weighted by molar-refractivity contribution is 0.0690. The molecule has 1 atom stereocenters. The van der Waals surface area contributed by atoms with Gasteiger partial charge in [-0.3, -0.25) is 5.84 Å². The summed E-state index contributed by atoms with van der Waals surface area (Å²) in [6.07, 6.45) is 1.48. The Morgan fingerprint density at radius 3 is 3.00 bits per heavy atom. The molecule has 3 heteroatoms. The van der Waals surface area contributed by atoms with E-state index in [0.29, 0.717) is 6.10 Å². The summed E-state index contributed by atoms with van der Waals surface area (Å²) in [5.41, 5.74) is 0. The Morgan fingerprint density at radius 1 is 1.78 bits per heavy atom. The molecule has 2 N–H and O–H groups in total. The first-order valence-corrected chi connectivity index (χ1v) is 3.44. The average molecular weight is 130 g/mol. The van der Waals surface area contributed by atoms with Gasteiger partial charge in [0.05, 0.1) is 6.10 Å². The van der Waals surface area contributed by atoms with Gasteiger partial charge in [0.15, 0.2) is 0 Å². The second-order valence-corrected chi connectivity index (χ2v) is 2.36. The molecule has 1 fully saturated rings. The maximum atomic E-state index is 5.51. The minimum atomic E-state index is 0.389. The van der Waals surface area contributed by atoms with Crippen LogP contribution in [-0.4, -0.2) is 30.8 Å². The Kier molecular flexibility index (Phi) is 2.45. The fraction of sp³-hybridized carbons (Fsp3) is 1.00. The van der Waals surface area contributed by atoms with Gasteiger partial charge in [-0.2, -0.15) is 0 Å². The summed E-state index contributed by atoms with van der Waals surface area (Å²) >= 11 is 0. The van der Waals surface area contributed by atoms with E-state index in [1.165, 1.54) is 0 Å². The third kappa shape index (κ3) is 1.93. The number of hydrogen-bond donors (Lipinski definition) is 1. The SMILES string of the molecule is CCOC1CCN(N)C1. The summed E-state index contributed by atoms with van der Waals surface area (Å²) in [6.45, 7) is 4.69. The van der Waals surface area contributed by atoms with Gasteiger partial charge in [0.1, 0.15) is 0 Å². The molecule has 3 nitrogen and oxygen atoms in total. The minimum absolute atomic E-state index is 0.389. The van der Waals surface area contributed by atoms with Crippen molar-refractivity contribution in [1.29, 1.82) is 0 Å². The van der Waals surface area contributed by atoms with Crippen LogP contribution in [-0.2, 0) is 4.74 Å². The lowest BCUT2D eigenvalue weighted by atomic mass is 10.3. The van der Waals surface area contributed by atoms with Crippen LogP contribution in [0.15, 0.2) is 0 Å². The molecule has 54 valence electrons. The van der Waals surface area contributed by atoms with Crippen molar-refractivity contribution in [1.82, 2.24) is 5.01 Å². The van der Waals surface area contributed by atoms with Gasteiger partial charge in [0.2, 0.25) is 0 Å². The van der Waals surface area contributed by atoms with Gasteiger partial charge < -0.3 is 4.74 Å². The fourth-order valence-corrected chi connectivity index (χ4v) is 1.13. The zero-order valence-corrected chi connectivity index (χ0v) is 5.84. The van der Waals surface area contributed by atoms with Crippen molar-refractivity contribution in [2.75, 3.05) is 19.7 Å². The maximum Gasteiger partial charge on any atom is 0.0728 e. The predicted octanol–water partition coefficient (Wildman–Crippen LogP) is -0.0291. The highest BCUT2D eigenvalue weighted by atomic mass is 16.5. The molecule has 1 aliphatic rings. The standard InChI is InChI=1S/C6H14N2O/c1-2-9-6-3-4-8(7)5-6/h6H,2-5,7H2,1H3. The van der Waals surface area contributed by atoms with Crippen molar-refractivity contribution in [3.63, 3.8) is 0 Å². The molecular weight excluding hydrogens is 116 g/mol. The van der Waals surface area contributed by atoms with E-state index in [4.69, 9.17) is 10.6 Å². The molecular formula is C6H14N2O. The number of nitrogens with two attached hydrogens (primary N) is 1. The monoisotopic (exact) mass is 130 g/mol. The van der Waals surface area contributed by atoms with Gasteiger partial charge in [-0.25, -0.2) is 5.01 Å². The summed E-state index contributed by atoms with van der Waals surface area (Å²) in [6, 6.07) is 0. The van der Waals surface area contributed by atoms with Crippen LogP contribution in [0, 0.1) is 0 Å². The zero-order chi connectivity index (χ0) is 6.69. The molecule has 1 aliphatic heterocycles. The molecule has 9 heavy (non-hydrogen) atoms. The van der Waals surface area contributed by atoms with Crippen LogP contribution in [0.3, 0.4) is 0 Å². The van der Waals surface area contributed by atoms with E-state index in [9.17, 15) is 0 Å². The Labute approximate surface area is 55.7 Å². The molecule has 0 aromatic carbocycles. The van der Waals surface area contributed by atoms with Gasteiger partial charge in [-0.15, -0.1) is 0 Å². The van der Waals surface area contributed by atoms with Crippen molar-refractivity contribution < 1.29 is 4.74 Å². The smallest absolute Gasteiger partial charge is 0.0728 e. The lowest BCUT2D eigenvalue weighted by Gasteiger charge is -2.08. The van der Waals surface area contributed by atoms with Crippen LogP contribution in [0.5, 0.6) is 0 Å². The van der Waals surface area contributed by atoms with E-state index >= 15 is 0 Å². The molecule has 0 radical (unpaired) electrons. The van der Waals surface area contributed by atoms with Crippen LogP contribution in [0.4, 0.5) is 0 Å². The Balaban J connectivity index is 2.14. The first kappa shape index (κ1) is 6.99. The third-order valence-electron chi connectivity index (χ3n) is 1.58. The topological polar surface area (TPSA) is 38.5 Å². The van der Waals surface area contributed by atoms with Crippen LogP contribution < -0.4 is 5.84 Å². The molecule has 0 amide bonds. The third-order valence-corrected chi connectivity index (χ3v) is 1.58. The van der Waals surface area contributed by atoms with Crippen molar-refractivity contribution in [3.8, 4) is 0 Å². The molecule has 0 saturated carbocycles. The number of rotatable bonds is 2. The largest absolute Gasteiger partial charge is 0.377 e. The van der Waals surface area contributed by atoms with Crippen LogP contribution in [0.25, 0.3) is 0 Å². The van der Waals surface area contributed by atoms with E-state index in [2.05, 4.69) is 0 Å². The van der Waals surface area contributed by atoms with Gasteiger partial charge in [0, 0.05) is 19.7 Å². The summed E-state index contributed by atoms with van der Waals surface area (Å²) in [7, 11) is 0. The molecule has 1 heterocycles. The second kappa shape index (κ2) is 3.15. The van der Waals surface area contributed by atoms with Gasteiger partial charge >= 0.3 is 0 Å². The molecule has 0 aromatic rings. The lowest BCUT2D eigenvalue weighted by Crippen LogP contribution is -2.29. The molecule has 1 unspecified atom stereocenters. The highest BCUT2D eigenvalue weighted by Crippen LogP contribution is 2.07.